The van der Waals surface area contributed by atoms with E-state index in [-0.39, 0.29) is 18.1 Å². The van der Waals surface area contributed by atoms with Crippen LogP contribution in [-0.2, 0) is 14.6 Å². The van der Waals surface area contributed by atoms with Crippen LogP contribution in [0.3, 0.4) is 0 Å². The molecule has 18 heavy (non-hydrogen) atoms. The third-order valence-corrected chi connectivity index (χ3v) is 4.20. The molecule has 2 rings (SSSR count). The van der Waals surface area contributed by atoms with Crippen LogP contribution < -0.4 is 4.74 Å². The van der Waals surface area contributed by atoms with E-state index < -0.39 is 15.8 Å². The Kier molecular flexibility index (Phi) is 3.73. The SMILES string of the molecule is O=C(CC1C=CS(=O)(=O)C1)Oc1ccc(Cl)cc1. The van der Waals surface area contributed by atoms with Gasteiger partial charge in [0, 0.05) is 16.3 Å². The van der Waals surface area contributed by atoms with Crippen LogP contribution in [-0.4, -0.2) is 20.1 Å². The molecule has 1 atom stereocenters. The number of ether oxygens (including phenoxy) is 1. The Morgan fingerprint density at radius 2 is 2.00 bits per heavy atom. The smallest absolute Gasteiger partial charge is 0.311 e. The molecule has 1 unspecified atom stereocenters. The molecule has 0 radical (unpaired) electrons. The number of allylic oxidation sites excluding steroid dienone is 1. The highest BCUT2D eigenvalue weighted by molar-refractivity contribution is 7.94. The second kappa shape index (κ2) is 5.12. The van der Waals surface area contributed by atoms with Crippen molar-refractivity contribution in [1.82, 2.24) is 0 Å². The average Bonchev–Trinajstić information content (AvgIpc) is 2.61. The maximum Gasteiger partial charge on any atom is 0.311 e. The second-order valence-electron chi connectivity index (χ2n) is 4.05. The van der Waals surface area contributed by atoms with Crippen molar-refractivity contribution in [2.24, 2.45) is 5.92 Å². The standard InChI is InChI=1S/C12H11ClO4S/c13-10-1-3-11(4-2-10)17-12(14)7-9-5-6-18(15,16)8-9/h1-6,9H,7-8H2. The van der Waals surface area contributed by atoms with Crippen LogP contribution in [0.25, 0.3) is 0 Å². The summed E-state index contributed by atoms with van der Waals surface area (Å²) in [6.07, 6.45) is 1.58. The van der Waals surface area contributed by atoms with Crippen LogP contribution in [0.1, 0.15) is 6.42 Å². The predicted octanol–water partition coefficient (Wildman–Crippen LogP) is 2.19. The van der Waals surface area contributed by atoms with Crippen molar-refractivity contribution < 1.29 is 17.9 Å². The Morgan fingerprint density at radius 3 is 2.56 bits per heavy atom. The van der Waals surface area contributed by atoms with Gasteiger partial charge in [-0.15, -0.1) is 0 Å². The normalized spacial score (nSPS) is 20.8. The van der Waals surface area contributed by atoms with Gasteiger partial charge in [-0.2, -0.15) is 0 Å². The largest absolute Gasteiger partial charge is 0.427 e. The fourth-order valence-corrected chi connectivity index (χ4v) is 3.18. The maximum absolute atomic E-state index is 11.6. The summed E-state index contributed by atoms with van der Waals surface area (Å²) in [5.41, 5.74) is 0. The quantitative estimate of drug-likeness (QED) is 0.631. The number of halogens is 1. The van der Waals surface area contributed by atoms with Gasteiger partial charge in [0.25, 0.3) is 0 Å². The molecule has 0 fully saturated rings. The summed E-state index contributed by atoms with van der Waals surface area (Å²) in [5.74, 6) is -0.379. The van der Waals surface area contributed by atoms with Gasteiger partial charge in [-0.3, -0.25) is 4.79 Å². The number of carbonyl (C=O) groups excluding carboxylic acids is 1. The molecular formula is C12H11ClO4S. The zero-order valence-corrected chi connectivity index (χ0v) is 10.9. The monoisotopic (exact) mass is 286 g/mol. The number of esters is 1. The summed E-state index contributed by atoms with van der Waals surface area (Å²) in [4.78, 5) is 11.6. The fourth-order valence-electron chi connectivity index (χ4n) is 1.66. The van der Waals surface area contributed by atoms with E-state index in [1.165, 1.54) is 6.08 Å². The average molecular weight is 287 g/mol. The minimum absolute atomic E-state index is 0.0251. The van der Waals surface area contributed by atoms with Gasteiger partial charge in [0.1, 0.15) is 5.75 Å². The summed E-state index contributed by atoms with van der Waals surface area (Å²) < 4.78 is 27.4. The van der Waals surface area contributed by atoms with Crippen molar-refractivity contribution in [3.63, 3.8) is 0 Å². The van der Waals surface area contributed by atoms with E-state index in [1.807, 2.05) is 0 Å². The highest BCUT2D eigenvalue weighted by Gasteiger charge is 2.24. The molecular weight excluding hydrogens is 276 g/mol. The van der Waals surface area contributed by atoms with Gasteiger partial charge in [0.15, 0.2) is 9.84 Å². The molecule has 0 spiro atoms. The molecule has 1 aromatic rings. The van der Waals surface area contributed by atoms with Crippen molar-refractivity contribution in [1.29, 1.82) is 0 Å². The number of hydrogen-bond donors (Lipinski definition) is 0. The van der Waals surface area contributed by atoms with Gasteiger partial charge >= 0.3 is 5.97 Å². The Morgan fingerprint density at radius 1 is 1.33 bits per heavy atom. The molecule has 4 nitrogen and oxygen atoms in total. The van der Waals surface area contributed by atoms with E-state index in [4.69, 9.17) is 16.3 Å². The molecule has 6 heteroatoms. The van der Waals surface area contributed by atoms with E-state index >= 15 is 0 Å². The third kappa shape index (κ3) is 3.58. The van der Waals surface area contributed by atoms with Crippen molar-refractivity contribution in [2.45, 2.75) is 6.42 Å². The van der Waals surface area contributed by atoms with Gasteiger partial charge in [0.05, 0.1) is 12.2 Å². The van der Waals surface area contributed by atoms with Gasteiger partial charge in [-0.25, -0.2) is 8.42 Å². The lowest BCUT2D eigenvalue weighted by Gasteiger charge is -2.07. The summed E-state index contributed by atoms with van der Waals surface area (Å²) in [6, 6.07) is 6.40. The zero-order chi connectivity index (χ0) is 13.2. The molecule has 1 aliphatic rings. The zero-order valence-electron chi connectivity index (χ0n) is 9.37. The molecule has 0 saturated carbocycles. The molecule has 0 amide bonds. The van der Waals surface area contributed by atoms with Crippen molar-refractivity contribution in [2.75, 3.05) is 5.75 Å². The summed E-state index contributed by atoms with van der Waals surface area (Å²) in [5, 5.41) is 1.70. The molecule has 0 aromatic heterocycles. The molecule has 0 saturated heterocycles. The maximum atomic E-state index is 11.6. The number of rotatable bonds is 3. The minimum atomic E-state index is -3.13. The molecule has 0 aliphatic carbocycles. The number of carbonyl (C=O) groups is 1. The molecule has 0 N–H and O–H groups in total. The fraction of sp³-hybridized carbons (Fsp3) is 0.250. The Labute approximate surface area is 110 Å². The van der Waals surface area contributed by atoms with Gasteiger partial charge in [-0.1, -0.05) is 17.7 Å². The van der Waals surface area contributed by atoms with Crippen molar-refractivity contribution in [3.8, 4) is 5.75 Å². The Hall–Kier alpha value is -1.33. The first-order valence-electron chi connectivity index (χ1n) is 5.32. The van der Waals surface area contributed by atoms with Crippen LogP contribution in [0.5, 0.6) is 5.75 Å². The first kappa shape index (κ1) is 13.1. The predicted molar refractivity (Wildman–Crippen MR) is 68.1 cm³/mol. The Balaban J connectivity index is 1.90. The van der Waals surface area contributed by atoms with Crippen molar-refractivity contribution in [3.05, 3.63) is 40.8 Å². The van der Waals surface area contributed by atoms with Crippen LogP contribution >= 0.6 is 11.6 Å². The number of benzene rings is 1. The highest BCUT2D eigenvalue weighted by Crippen LogP contribution is 2.20. The van der Waals surface area contributed by atoms with E-state index in [2.05, 4.69) is 0 Å². The third-order valence-electron chi connectivity index (χ3n) is 2.48. The molecule has 96 valence electrons. The summed E-state index contributed by atoms with van der Waals surface area (Å²) in [7, 11) is -3.13. The van der Waals surface area contributed by atoms with E-state index in [0.29, 0.717) is 10.8 Å². The van der Waals surface area contributed by atoms with Gasteiger partial charge in [0.2, 0.25) is 0 Å². The molecule has 1 aromatic carbocycles. The first-order valence-corrected chi connectivity index (χ1v) is 7.41. The lowest BCUT2D eigenvalue weighted by atomic mass is 10.1. The summed E-state index contributed by atoms with van der Waals surface area (Å²) in [6.45, 7) is 0. The van der Waals surface area contributed by atoms with E-state index in [9.17, 15) is 13.2 Å². The molecule has 1 heterocycles. The highest BCUT2D eigenvalue weighted by atomic mass is 35.5. The van der Waals surface area contributed by atoms with E-state index in [0.717, 1.165) is 5.41 Å². The number of sulfone groups is 1. The van der Waals surface area contributed by atoms with E-state index in [1.54, 1.807) is 24.3 Å². The minimum Gasteiger partial charge on any atom is -0.427 e. The first-order chi connectivity index (χ1) is 8.44. The van der Waals surface area contributed by atoms with Crippen LogP contribution in [0.2, 0.25) is 5.02 Å². The van der Waals surface area contributed by atoms with Gasteiger partial charge in [-0.05, 0) is 24.3 Å². The second-order valence-corrected chi connectivity index (χ2v) is 6.42. The van der Waals surface area contributed by atoms with Crippen molar-refractivity contribution >= 4 is 27.4 Å². The molecule has 0 bridgehead atoms. The van der Waals surface area contributed by atoms with Gasteiger partial charge < -0.3 is 4.74 Å². The molecule has 1 aliphatic heterocycles. The van der Waals surface area contributed by atoms with Crippen LogP contribution in [0.15, 0.2) is 35.7 Å². The Bertz CT molecular complexity index is 575. The van der Waals surface area contributed by atoms with Crippen LogP contribution in [0.4, 0.5) is 0 Å². The summed E-state index contributed by atoms with van der Waals surface area (Å²) >= 11 is 5.70. The topological polar surface area (TPSA) is 60.4 Å². The number of hydrogen-bond acceptors (Lipinski definition) is 4. The lowest BCUT2D eigenvalue weighted by molar-refractivity contribution is -0.134. The lowest BCUT2D eigenvalue weighted by Crippen LogP contribution is -2.15. The van der Waals surface area contributed by atoms with Crippen LogP contribution in [0, 0.1) is 5.92 Å².